The highest BCUT2D eigenvalue weighted by Crippen LogP contribution is 2.35. The number of aliphatic hydroxyl groups excluding tert-OH is 1. The maximum Gasteiger partial charge on any atom is 0.416 e. The van der Waals surface area contributed by atoms with Crippen molar-refractivity contribution in [2.75, 3.05) is 26.2 Å². The molecule has 1 atom stereocenters. The van der Waals surface area contributed by atoms with Crippen molar-refractivity contribution in [3.63, 3.8) is 0 Å². The molecule has 1 fully saturated rings. The number of amides is 1. The number of carbonyl (C=O) groups excluding carboxylic acids is 1. The van der Waals surface area contributed by atoms with Crippen LogP contribution in [0.3, 0.4) is 0 Å². The van der Waals surface area contributed by atoms with Crippen LogP contribution < -0.4 is 5.32 Å². The molecular weight excluding hydrogens is 515 g/mol. The van der Waals surface area contributed by atoms with E-state index >= 15 is 0 Å². The van der Waals surface area contributed by atoms with Crippen LogP contribution in [0, 0.1) is 0 Å². The van der Waals surface area contributed by atoms with Gasteiger partial charge >= 0.3 is 6.18 Å². The van der Waals surface area contributed by atoms with Crippen molar-refractivity contribution in [3.8, 4) is 0 Å². The fourth-order valence-corrected chi connectivity index (χ4v) is 5.36. The summed E-state index contributed by atoms with van der Waals surface area (Å²) in [6, 6.07) is 9.03. The second kappa shape index (κ2) is 9.89. The molecule has 3 heterocycles. The molecule has 1 saturated heterocycles. The van der Waals surface area contributed by atoms with E-state index in [-0.39, 0.29) is 35.7 Å². The van der Waals surface area contributed by atoms with E-state index in [4.69, 9.17) is 11.6 Å². The van der Waals surface area contributed by atoms with Crippen LogP contribution >= 0.6 is 23.4 Å². The van der Waals surface area contributed by atoms with Crippen LogP contribution in [0.15, 0.2) is 52.5 Å². The average molecular weight is 536 g/mol. The highest BCUT2D eigenvalue weighted by molar-refractivity contribution is 8.18. The van der Waals surface area contributed by atoms with Crippen molar-refractivity contribution >= 4 is 51.4 Å². The molecule has 1 amide bonds. The SMILES string of the molecule is O=C1N=C(N2CCN[C@H](CO)C2)SC1=Cc1ccc2c(cnn2Cc2ccc(Cl)cc2C(F)(F)F)c1. The number of nitrogens with one attached hydrogen (secondary N) is 1. The van der Waals surface area contributed by atoms with Crippen molar-refractivity contribution in [2.24, 2.45) is 4.99 Å². The molecule has 12 heteroatoms. The Labute approximate surface area is 213 Å². The van der Waals surface area contributed by atoms with Gasteiger partial charge in [0.1, 0.15) is 0 Å². The largest absolute Gasteiger partial charge is 0.416 e. The van der Waals surface area contributed by atoms with Gasteiger partial charge in [-0.15, -0.1) is 0 Å². The molecule has 0 bridgehead atoms. The molecule has 7 nitrogen and oxygen atoms in total. The number of aliphatic hydroxyl groups is 1. The molecule has 2 N–H and O–H groups in total. The van der Waals surface area contributed by atoms with Gasteiger partial charge in [0.2, 0.25) is 0 Å². The van der Waals surface area contributed by atoms with E-state index in [0.717, 1.165) is 17.0 Å². The summed E-state index contributed by atoms with van der Waals surface area (Å²) < 4.78 is 41.9. The van der Waals surface area contributed by atoms with Gasteiger partial charge in [-0.25, -0.2) is 0 Å². The Bertz CT molecular complexity index is 1390. The number of aromatic nitrogens is 2. The van der Waals surface area contributed by atoms with Gasteiger partial charge in [-0.2, -0.15) is 23.3 Å². The van der Waals surface area contributed by atoms with Gasteiger partial charge in [0.25, 0.3) is 5.91 Å². The zero-order valence-corrected chi connectivity index (χ0v) is 20.4. The molecule has 0 aliphatic carbocycles. The predicted molar refractivity (Wildman–Crippen MR) is 134 cm³/mol. The van der Waals surface area contributed by atoms with Gasteiger partial charge in [0.15, 0.2) is 5.17 Å². The topological polar surface area (TPSA) is 82.8 Å². The van der Waals surface area contributed by atoms with E-state index in [1.165, 1.54) is 28.6 Å². The molecule has 2 aliphatic heterocycles. The number of thioether (sulfide) groups is 1. The van der Waals surface area contributed by atoms with Crippen LogP contribution in [0.4, 0.5) is 13.2 Å². The first-order valence-corrected chi connectivity index (χ1v) is 12.3. The summed E-state index contributed by atoms with van der Waals surface area (Å²) in [7, 11) is 0. The van der Waals surface area contributed by atoms with Crippen LogP contribution in [0.2, 0.25) is 5.02 Å². The second-order valence-electron chi connectivity index (χ2n) is 8.51. The van der Waals surface area contributed by atoms with Gasteiger partial charge in [-0.3, -0.25) is 9.48 Å². The average Bonchev–Trinajstić information content (AvgIpc) is 3.42. The summed E-state index contributed by atoms with van der Waals surface area (Å²) in [6.07, 6.45) is -1.20. The fourth-order valence-electron chi connectivity index (χ4n) is 4.24. The van der Waals surface area contributed by atoms with Crippen molar-refractivity contribution in [1.82, 2.24) is 20.0 Å². The molecule has 5 rings (SSSR count). The Hall–Kier alpha value is -2.86. The van der Waals surface area contributed by atoms with E-state index in [2.05, 4.69) is 15.4 Å². The second-order valence-corrected chi connectivity index (χ2v) is 9.96. The zero-order valence-electron chi connectivity index (χ0n) is 18.8. The molecule has 3 aromatic rings. The zero-order chi connectivity index (χ0) is 25.4. The molecule has 36 heavy (non-hydrogen) atoms. The summed E-state index contributed by atoms with van der Waals surface area (Å²) >= 11 is 7.08. The Kier molecular flexibility index (Phi) is 6.82. The van der Waals surface area contributed by atoms with Gasteiger partial charge in [0, 0.05) is 36.1 Å². The minimum Gasteiger partial charge on any atom is -0.395 e. The summed E-state index contributed by atoms with van der Waals surface area (Å²) in [5, 5.41) is 18.3. The van der Waals surface area contributed by atoms with Gasteiger partial charge < -0.3 is 15.3 Å². The molecule has 2 aromatic carbocycles. The third-order valence-corrected chi connectivity index (χ3v) is 7.30. The van der Waals surface area contributed by atoms with Gasteiger partial charge in [0.05, 0.1) is 35.3 Å². The Morgan fingerprint density at radius 2 is 2.08 bits per heavy atom. The number of hydrogen-bond acceptors (Lipinski definition) is 6. The fraction of sp³-hybridized carbons (Fsp3) is 0.292. The summed E-state index contributed by atoms with van der Waals surface area (Å²) in [5.74, 6) is -0.327. The molecule has 188 valence electrons. The highest BCUT2D eigenvalue weighted by Gasteiger charge is 2.34. The summed E-state index contributed by atoms with van der Waals surface area (Å²) in [4.78, 5) is 19.1. The number of carbonyl (C=O) groups is 1. The Morgan fingerprint density at radius 3 is 2.86 bits per heavy atom. The molecule has 0 spiro atoms. The van der Waals surface area contributed by atoms with Crippen LogP contribution in [-0.2, 0) is 17.5 Å². The number of fused-ring (bicyclic) bond motifs is 1. The smallest absolute Gasteiger partial charge is 0.395 e. The van der Waals surface area contributed by atoms with Gasteiger partial charge in [-0.05, 0) is 53.2 Å². The number of alkyl halides is 3. The first kappa shape index (κ1) is 24.8. The maximum atomic E-state index is 13.5. The normalized spacial score (nSPS) is 20.0. The number of rotatable bonds is 4. The maximum absolute atomic E-state index is 13.5. The number of amidine groups is 1. The van der Waals surface area contributed by atoms with Crippen LogP contribution in [-0.4, -0.2) is 63.1 Å². The van der Waals surface area contributed by atoms with Crippen molar-refractivity contribution < 1.29 is 23.1 Å². The minimum atomic E-state index is -4.53. The van der Waals surface area contributed by atoms with E-state index < -0.39 is 11.7 Å². The number of benzene rings is 2. The molecule has 0 radical (unpaired) electrons. The number of halogens is 4. The van der Waals surface area contributed by atoms with Crippen LogP contribution in [0.5, 0.6) is 0 Å². The minimum absolute atomic E-state index is 0.00826. The van der Waals surface area contributed by atoms with Crippen LogP contribution in [0.25, 0.3) is 17.0 Å². The van der Waals surface area contributed by atoms with E-state index in [0.29, 0.717) is 35.2 Å². The quantitative estimate of drug-likeness (QED) is 0.492. The van der Waals surface area contributed by atoms with Gasteiger partial charge in [-0.1, -0.05) is 23.7 Å². The molecule has 1 aromatic heterocycles. The first-order valence-electron chi connectivity index (χ1n) is 11.1. The lowest BCUT2D eigenvalue weighted by atomic mass is 10.1. The van der Waals surface area contributed by atoms with Crippen molar-refractivity contribution in [2.45, 2.75) is 18.8 Å². The lowest BCUT2D eigenvalue weighted by Crippen LogP contribution is -2.53. The molecule has 0 unspecified atom stereocenters. The third kappa shape index (κ3) is 5.15. The standard InChI is InChI=1S/C24H21ClF3N5O2S/c25-17-3-2-15(19(9-17)24(26,27)28)11-33-20-4-1-14(7-16(20)10-30-33)8-21-22(35)31-23(36-21)32-6-5-29-18(12-32)13-34/h1-4,7-10,18,29,34H,5-6,11-13H2/t18-/m0/s1. The highest BCUT2D eigenvalue weighted by atomic mass is 35.5. The lowest BCUT2D eigenvalue weighted by molar-refractivity contribution is -0.138. The molecule has 2 aliphatic rings. The van der Waals surface area contributed by atoms with Crippen LogP contribution in [0.1, 0.15) is 16.7 Å². The van der Waals surface area contributed by atoms with Crippen molar-refractivity contribution in [1.29, 1.82) is 0 Å². The Balaban J connectivity index is 1.35. The lowest BCUT2D eigenvalue weighted by Gasteiger charge is -2.33. The number of piperazine rings is 1. The Morgan fingerprint density at radius 1 is 1.25 bits per heavy atom. The number of hydrogen-bond donors (Lipinski definition) is 2. The molecular formula is C24H21ClF3N5O2S. The summed E-state index contributed by atoms with van der Waals surface area (Å²) in [6.45, 7) is 1.89. The predicted octanol–water partition coefficient (Wildman–Crippen LogP) is 3.99. The number of aliphatic imine (C=N–C) groups is 1. The third-order valence-electron chi connectivity index (χ3n) is 6.02. The summed E-state index contributed by atoms with van der Waals surface area (Å²) in [5.41, 5.74) is 0.697. The van der Waals surface area contributed by atoms with Crippen molar-refractivity contribution in [3.05, 3.63) is 69.2 Å². The monoisotopic (exact) mass is 535 g/mol. The van der Waals surface area contributed by atoms with E-state index in [9.17, 15) is 23.1 Å². The van der Waals surface area contributed by atoms with E-state index in [1.54, 1.807) is 24.4 Å². The number of nitrogens with zero attached hydrogens (tertiary/aromatic N) is 4. The van der Waals surface area contributed by atoms with E-state index in [1.807, 2.05) is 11.0 Å². The molecule has 0 saturated carbocycles. The first-order chi connectivity index (χ1) is 17.2.